The zero-order valence-electron chi connectivity index (χ0n) is 19.6. The Labute approximate surface area is 214 Å². The largest absolute Gasteiger partial charge is 0.457 e. The van der Waals surface area contributed by atoms with Crippen LogP contribution in [0.5, 0.6) is 11.5 Å². The summed E-state index contributed by atoms with van der Waals surface area (Å²) in [5, 5.41) is 15.2. The van der Waals surface area contributed by atoms with E-state index in [0.29, 0.717) is 34.2 Å². The molecule has 2 aromatic heterocycles. The molecule has 2 heterocycles. The summed E-state index contributed by atoms with van der Waals surface area (Å²) in [6.07, 6.45) is -3.54. The maximum absolute atomic E-state index is 12.9. The summed E-state index contributed by atoms with van der Waals surface area (Å²) in [6, 6.07) is 16.3. The van der Waals surface area contributed by atoms with Gasteiger partial charge in [-0.25, -0.2) is 4.98 Å². The van der Waals surface area contributed by atoms with Gasteiger partial charge in [0.15, 0.2) is 0 Å². The summed E-state index contributed by atoms with van der Waals surface area (Å²) >= 11 is 0. The van der Waals surface area contributed by atoms with Gasteiger partial charge in [0.05, 0.1) is 12.3 Å². The van der Waals surface area contributed by atoms with Crippen LogP contribution in [-0.2, 0) is 11.0 Å². The number of benzene rings is 2. The third-order valence-corrected chi connectivity index (χ3v) is 5.18. The number of hydrogen-bond donors (Lipinski definition) is 5. The van der Waals surface area contributed by atoms with Crippen LogP contribution in [0.25, 0.3) is 11.3 Å². The number of carbonyl (C=O) groups excluding carboxylic acids is 1. The van der Waals surface area contributed by atoms with Crippen molar-refractivity contribution in [3.8, 4) is 22.8 Å². The summed E-state index contributed by atoms with van der Waals surface area (Å²) < 4.78 is 44.1. The van der Waals surface area contributed by atoms with E-state index < -0.39 is 30.4 Å². The number of ether oxygens (including phenoxy) is 1. The molecule has 0 spiro atoms. The highest BCUT2D eigenvalue weighted by Gasteiger charge is 2.32. The minimum Gasteiger partial charge on any atom is -0.457 e. The van der Waals surface area contributed by atoms with Gasteiger partial charge in [0.2, 0.25) is 11.9 Å². The van der Waals surface area contributed by atoms with Crippen molar-refractivity contribution < 1.29 is 27.8 Å². The summed E-state index contributed by atoms with van der Waals surface area (Å²) in [6.45, 7) is -0.440. The van der Waals surface area contributed by atoms with Crippen molar-refractivity contribution >= 4 is 29.0 Å². The van der Waals surface area contributed by atoms with Gasteiger partial charge in [-0.1, -0.05) is 12.1 Å². The van der Waals surface area contributed by atoms with E-state index in [-0.39, 0.29) is 11.7 Å². The zero-order valence-corrected chi connectivity index (χ0v) is 19.6. The number of alkyl halides is 3. The molecular weight excluding hydrogens is 503 g/mol. The lowest BCUT2D eigenvalue weighted by Gasteiger charge is -2.14. The van der Waals surface area contributed by atoms with E-state index in [1.54, 1.807) is 54.6 Å². The van der Waals surface area contributed by atoms with E-state index in [1.807, 2.05) is 0 Å². The fraction of sp³-hybridized carbons (Fsp3) is 0.120. The lowest BCUT2D eigenvalue weighted by atomic mass is 10.1. The molecule has 0 aliphatic rings. The molecule has 1 amide bonds. The second kappa shape index (κ2) is 11.0. The Bertz CT molecular complexity index is 1420. The maximum atomic E-state index is 12.9. The SMILES string of the molecule is NC(=O)[C@H](CO)Nc1ccc(-c2cc(Nc3ccc(Oc4ccnc(C(F)(F)F)c4)cc3)nc(N)n2)cc1. The van der Waals surface area contributed by atoms with Gasteiger partial charge >= 0.3 is 6.18 Å². The molecule has 4 aromatic rings. The molecule has 1 atom stereocenters. The molecule has 4 rings (SSSR count). The van der Waals surface area contributed by atoms with Crippen LogP contribution in [-0.4, -0.2) is 38.6 Å². The van der Waals surface area contributed by atoms with Gasteiger partial charge in [-0.05, 0) is 42.5 Å². The molecule has 38 heavy (non-hydrogen) atoms. The quantitative estimate of drug-likeness (QED) is 0.218. The Hall–Kier alpha value is -4.91. The smallest absolute Gasteiger partial charge is 0.433 e. The minimum atomic E-state index is -4.57. The van der Waals surface area contributed by atoms with Gasteiger partial charge in [0, 0.05) is 35.3 Å². The second-order valence-electron chi connectivity index (χ2n) is 7.98. The Morgan fingerprint density at radius 3 is 2.29 bits per heavy atom. The molecule has 2 aromatic carbocycles. The molecular formula is C25H22F3N7O3. The fourth-order valence-electron chi connectivity index (χ4n) is 3.34. The fourth-order valence-corrected chi connectivity index (χ4v) is 3.34. The number of primary amides is 1. The van der Waals surface area contributed by atoms with E-state index in [9.17, 15) is 23.1 Å². The number of nitrogen functional groups attached to an aromatic ring is 1. The molecule has 10 nitrogen and oxygen atoms in total. The van der Waals surface area contributed by atoms with Crippen LogP contribution in [0.1, 0.15) is 5.69 Å². The Morgan fingerprint density at radius 1 is 0.974 bits per heavy atom. The number of nitrogens with zero attached hydrogens (tertiary/aromatic N) is 3. The second-order valence-corrected chi connectivity index (χ2v) is 7.98. The first-order chi connectivity index (χ1) is 18.1. The highest BCUT2D eigenvalue weighted by molar-refractivity contribution is 5.83. The average Bonchev–Trinajstić information content (AvgIpc) is 2.88. The first-order valence-corrected chi connectivity index (χ1v) is 11.1. The minimum absolute atomic E-state index is 0.00368. The summed E-state index contributed by atoms with van der Waals surface area (Å²) in [5.41, 5.74) is 12.5. The first kappa shape index (κ1) is 26.2. The predicted octanol–water partition coefficient (Wildman–Crippen LogP) is 3.93. The predicted molar refractivity (Wildman–Crippen MR) is 135 cm³/mol. The number of aromatic nitrogens is 3. The average molecular weight is 525 g/mol. The molecule has 0 aliphatic heterocycles. The van der Waals surface area contributed by atoms with Crippen molar-refractivity contribution in [3.63, 3.8) is 0 Å². The van der Waals surface area contributed by atoms with Gasteiger partial charge in [-0.3, -0.25) is 9.78 Å². The molecule has 13 heteroatoms. The van der Waals surface area contributed by atoms with Crippen LogP contribution in [0.15, 0.2) is 72.9 Å². The summed E-state index contributed by atoms with van der Waals surface area (Å²) in [5.74, 6) is 0.0828. The molecule has 196 valence electrons. The van der Waals surface area contributed by atoms with E-state index in [1.165, 1.54) is 6.07 Å². The van der Waals surface area contributed by atoms with Crippen LogP contribution in [0.2, 0.25) is 0 Å². The first-order valence-electron chi connectivity index (χ1n) is 11.1. The molecule has 0 fully saturated rings. The number of anilines is 4. The number of pyridine rings is 1. The molecule has 0 bridgehead atoms. The number of rotatable bonds is 9. The van der Waals surface area contributed by atoms with E-state index in [4.69, 9.17) is 16.2 Å². The zero-order chi connectivity index (χ0) is 27.3. The third-order valence-electron chi connectivity index (χ3n) is 5.18. The lowest BCUT2D eigenvalue weighted by molar-refractivity contribution is -0.141. The Kier molecular flexibility index (Phi) is 7.58. The van der Waals surface area contributed by atoms with Crippen molar-refractivity contribution in [1.82, 2.24) is 15.0 Å². The van der Waals surface area contributed by atoms with Crippen molar-refractivity contribution in [2.24, 2.45) is 5.73 Å². The number of carbonyl (C=O) groups is 1. The third kappa shape index (κ3) is 6.64. The summed E-state index contributed by atoms with van der Waals surface area (Å²) in [4.78, 5) is 23.1. The number of aliphatic hydroxyl groups excluding tert-OH is 1. The molecule has 0 saturated carbocycles. The van der Waals surface area contributed by atoms with Crippen LogP contribution in [0.4, 0.5) is 36.3 Å². The molecule has 0 radical (unpaired) electrons. The Morgan fingerprint density at radius 2 is 1.66 bits per heavy atom. The van der Waals surface area contributed by atoms with Gasteiger partial charge in [-0.15, -0.1) is 0 Å². The van der Waals surface area contributed by atoms with E-state index >= 15 is 0 Å². The number of aliphatic hydroxyl groups is 1. The van der Waals surface area contributed by atoms with Crippen LogP contribution < -0.4 is 26.8 Å². The van der Waals surface area contributed by atoms with Gasteiger partial charge in [-0.2, -0.15) is 18.2 Å². The van der Waals surface area contributed by atoms with Gasteiger partial charge in [0.1, 0.15) is 29.1 Å². The molecule has 0 aliphatic carbocycles. The monoisotopic (exact) mass is 525 g/mol. The number of hydrogen-bond acceptors (Lipinski definition) is 9. The van der Waals surface area contributed by atoms with Gasteiger partial charge < -0.3 is 31.9 Å². The standard InChI is InChI=1S/C25H22F3N7O3/c26-25(27,28)21-11-18(9-10-31-21)38-17-7-5-16(6-8-17)33-22-12-19(34-24(30)35-22)14-1-3-15(4-2-14)32-20(13-36)23(29)37/h1-12,20,32,36H,13H2,(H2,29,37)(H3,30,33,34,35)/t20-/m0/s1. The van der Waals surface area contributed by atoms with Crippen LogP contribution in [0.3, 0.4) is 0 Å². The maximum Gasteiger partial charge on any atom is 0.433 e. The topological polar surface area (TPSA) is 161 Å². The molecule has 0 saturated heterocycles. The molecule has 0 unspecified atom stereocenters. The normalized spacial score (nSPS) is 12.0. The highest BCUT2D eigenvalue weighted by Crippen LogP contribution is 2.31. The van der Waals surface area contributed by atoms with Crippen LogP contribution >= 0.6 is 0 Å². The number of nitrogens with two attached hydrogens (primary N) is 2. The lowest BCUT2D eigenvalue weighted by Crippen LogP contribution is -2.38. The van der Waals surface area contributed by atoms with E-state index in [2.05, 4.69) is 25.6 Å². The van der Waals surface area contributed by atoms with Crippen molar-refractivity contribution in [2.45, 2.75) is 12.2 Å². The van der Waals surface area contributed by atoms with E-state index in [0.717, 1.165) is 12.3 Å². The number of nitrogens with one attached hydrogen (secondary N) is 2. The van der Waals surface area contributed by atoms with Crippen molar-refractivity contribution in [1.29, 1.82) is 0 Å². The van der Waals surface area contributed by atoms with Crippen molar-refractivity contribution in [2.75, 3.05) is 23.0 Å². The Balaban J connectivity index is 1.45. The van der Waals surface area contributed by atoms with Gasteiger partial charge in [0.25, 0.3) is 0 Å². The summed E-state index contributed by atoms with van der Waals surface area (Å²) in [7, 11) is 0. The number of halogens is 3. The highest BCUT2D eigenvalue weighted by atomic mass is 19.4. The number of amides is 1. The van der Waals surface area contributed by atoms with Crippen LogP contribution in [0, 0.1) is 0 Å². The van der Waals surface area contributed by atoms with Crippen molar-refractivity contribution in [3.05, 3.63) is 78.6 Å². The molecule has 7 N–H and O–H groups in total.